The van der Waals surface area contributed by atoms with Crippen molar-refractivity contribution in [3.05, 3.63) is 75.5 Å². The van der Waals surface area contributed by atoms with Crippen molar-refractivity contribution < 1.29 is 18.9 Å². The van der Waals surface area contributed by atoms with E-state index in [0.29, 0.717) is 16.7 Å². The number of esters is 1. The van der Waals surface area contributed by atoms with Crippen molar-refractivity contribution in [3.8, 4) is 0 Å². The number of nitro benzene ring substituents is 1. The van der Waals surface area contributed by atoms with Gasteiger partial charge in [-0.2, -0.15) is 0 Å². The number of carbonyl (C=O) groups is 1. The lowest BCUT2D eigenvalue weighted by atomic mass is 10.1. The van der Waals surface area contributed by atoms with Crippen LogP contribution in [0.1, 0.15) is 21.7 Å². The maximum atomic E-state index is 12.2. The predicted octanol–water partition coefficient (Wildman–Crippen LogP) is 4.01. The van der Waals surface area contributed by atoms with E-state index in [9.17, 15) is 14.9 Å². The molecule has 23 heavy (non-hydrogen) atoms. The summed E-state index contributed by atoms with van der Waals surface area (Å²) in [6.07, 6.45) is 0. The Balaban J connectivity index is 1.82. The van der Waals surface area contributed by atoms with Crippen LogP contribution in [0, 0.1) is 17.0 Å². The topological polar surface area (TPSA) is 82.6 Å². The van der Waals surface area contributed by atoms with Crippen LogP contribution in [0.15, 0.2) is 52.9 Å². The number of para-hydroxylation sites is 2. The zero-order valence-corrected chi connectivity index (χ0v) is 12.3. The van der Waals surface area contributed by atoms with Crippen molar-refractivity contribution in [3.63, 3.8) is 0 Å². The summed E-state index contributed by atoms with van der Waals surface area (Å²) in [6, 6.07) is 13.4. The second-order valence-electron chi connectivity index (χ2n) is 5.01. The van der Waals surface area contributed by atoms with Gasteiger partial charge in [0.1, 0.15) is 12.2 Å². The molecule has 0 atom stereocenters. The van der Waals surface area contributed by atoms with Crippen LogP contribution in [-0.2, 0) is 11.3 Å². The van der Waals surface area contributed by atoms with Gasteiger partial charge in [-0.3, -0.25) is 10.1 Å². The molecule has 6 nitrogen and oxygen atoms in total. The lowest BCUT2D eigenvalue weighted by molar-refractivity contribution is -0.385. The van der Waals surface area contributed by atoms with E-state index in [4.69, 9.17) is 9.15 Å². The number of nitro groups is 1. The van der Waals surface area contributed by atoms with Gasteiger partial charge in [-0.05, 0) is 19.1 Å². The first-order valence-electron chi connectivity index (χ1n) is 6.95. The monoisotopic (exact) mass is 311 g/mol. The average Bonchev–Trinajstić information content (AvgIpc) is 2.90. The normalized spacial score (nSPS) is 10.7. The Bertz CT molecular complexity index is 897. The predicted molar refractivity (Wildman–Crippen MR) is 83.2 cm³/mol. The maximum absolute atomic E-state index is 12.2. The van der Waals surface area contributed by atoms with Crippen molar-refractivity contribution in [1.29, 1.82) is 0 Å². The Labute approximate surface area is 131 Å². The van der Waals surface area contributed by atoms with Crippen molar-refractivity contribution in [2.24, 2.45) is 0 Å². The van der Waals surface area contributed by atoms with Crippen molar-refractivity contribution in [1.82, 2.24) is 0 Å². The van der Waals surface area contributed by atoms with E-state index in [1.807, 2.05) is 18.2 Å². The number of ether oxygens (including phenoxy) is 1. The van der Waals surface area contributed by atoms with Gasteiger partial charge in [0.05, 0.1) is 10.5 Å². The molecule has 3 rings (SSSR count). The highest BCUT2D eigenvalue weighted by Gasteiger charge is 2.20. The molecule has 0 radical (unpaired) electrons. The molecule has 2 aromatic carbocycles. The van der Waals surface area contributed by atoms with Gasteiger partial charge in [-0.25, -0.2) is 4.79 Å². The molecule has 0 aliphatic rings. The zero-order chi connectivity index (χ0) is 16.4. The highest BCUT2D eigenvalue weighted by Crippen LogP contribution is 2.26. The molecule has 1 heterocycles. The number of rotatable bonds is 4. The van der Waals surface area contributed by atoms with Crippen LogP contribution in [0.5, 0.6) is 0 Å². The number of benzene rings is 2. The number of fused-ring (bicyclic) bond motifs is 1. The molecule has 0 bridgehead atoms. The maximum Gasteiger partial charge on any atom is 0.374 e. The largest absolute Gasteiger partial charge is 0.455 e. The third kappa shape index (κ3) is 2.78. The van der Waals surface area contributed by atoms with E-state index < -0.39 is 10.9 Å². The first-order chi connectivity index (χ1) is 11.1. The molecule has 0 saturated carbocycles. The highest BCUT2D eigenvalue weighted by molar-refractivity contribution is 5.95. The fourth-order valence-corrected chi connectivity index (χ4v) is 2.39. The zero-order valence-electron chi connectivity index (χ0n) is 12.3. The van der Waals surface area contributed by atoms with Gasteiger partial charge >= 0.3 is 5.97 Å². The van der Waals surface area contributed by atoms with Gasteiger partial charge in [-0.15, -0.1) is 0 Å². The first kappa shape index (κ1) is 14.8. The molecule has 0 amide bonds. The number of carbonyl (C=O) groups excluding carboxylic acids is 1. The lowest BCUT2D eigenvalue weighted by Crippen LogP contribution is -2.06. The number of hydrogen-bond acceptors (Lipinski definition) is 5. The fourth-order valence-electron chi connectivity index (χ4n) is 2.39. The molecule has 0 unspecified atom stereocenters. The van der Waals surface area contributed by atoms with Gasteiger partial charge in [0, 0.05) is 17.0 Å². The van der Waals surface area contributed by atoms with Crippen molar-refractivity contribution in [2.45, 2.75) is 13.5 Å². The first-order valence-corrected chi connectivity index (χ1v) is 6.95. The minimum absolute atomic E-state index is 0.0818. The van der Waals surface area contributed by atoms with E-state index in [-0.39, 0.29) is 18.1 Å². The summed E-state index contributed by atoms with van der Waals surface area (Å²) in [5.41, 5.74) is 1.54. The third-order valence-electron chi connectivity index (χ3n) is 3.58. The van der Waals surface area contributed by atoms with Crippen LogP contribution in [0.4, 0.5) is 5.69 Å². The molecule has 0 spiro atoms. The molecule has 1 aromatic heterocycles. The average molecular weight is 311 g/mol. The van der Waals surface area contributed by atoms with E-state index in [2.05, 4.69) is 0 Å². The Kier molecular flexibility index (Phi) is 3.80. The van der Waals surface area contributed by atoms with Gasteiger partial charge in [-0.1, -0.05) is 30.3 Å². The molecular formula is C17H13NO5. The van der Waals surface area contributed by atoms with Gasteiger partial charge in [0.2, 0.25) is 5.76 Å². The van der Waals surface area contributed by atoms with Crippen LogP contribution >= 0.6 is 0 Å². The van der Waals surface area contributed by atoms with Crippen LogP contribution in [-0.4, -0.2) is 10.9 Å². The molecule has 3 aromatic rings. The molecule has 0 N–H and O–H groups in total. The summed E-state index contributed by atoms with van der Waals surface area (Å²) in [6.45, 7) is 1.58. The van der Waals surface area contributed by atoms with Gasteiger partial charge in [0.15, 0.2) is 0 Å². The third-order valence-corrected chi connectivity index (χ3v) is 3.58. The summed E-state index contributed by atoms with van der Waals surface area (Å²) < 4.78 is 10.7. The van der Waals surface area contributed by atoms with E-state index in [0.717, 1.165) is 5.39 Å². The van der Waals surface area contributed by atoms with Crippen molar-refractivity contribution >= 4 is 22.6 Å². The number of aryl methyl sites for hydroxylation is 1. The Hall–Kier alpha value is -3.15. The summed E-state index contributed by atoms with van der Waals surface area (Å²) in [5, 5.41) is 11.8. The SMILES string of the molecule is Cc1c(C(=O)OCc2ccccc2[N+](=O)[O-])oc2ccccc12. The molecular weight excluding hydrogens is 298 g/mol. The second kappa shape index (κ2) is 5.92. The molecule has 116 valence electrons. The lowest BCUT2D eigenvalue weighted by Gasteiger charge is -2.04. The Morgan fingerprint density at radius 2 is 1.87 bits per heavy atom. The van der Waals surface area contributed by atoms with Crippen LogP contribution in [0.3, 0.4) is 0 Å². The molecule has 0 aliphatic heterocycles. The van der Waals surface area contributed by atoms with Crippen LogP contribution < -0.4 is 0 Å². The van der Waals surface area contributed by atoms with Crippen molar-refractivity contribution in [2.75, 3.05) is 0 Å². The summed E-state index contributed by atoms with van der Waals surface area (Å²) in [5.74, 6) is -0.526. The number of hydrogen-bond donors (Lipinski definition) is 0. The summed E-state index contributed by atoms with van der Waals surface area (Å²) in [7, 11) is 0. The highest BCUT2D eigenvalue weighted by atomic mass is 16.6. The van der Waals surface area contributed by atoms with Crippen LogP contribution in [0.25, 0.3) is 11.0 Å². The van der Waals surface area contributed by atoms with Crippen LogP contribution in [0.2, 0.25) is 0 Å². The number of nitrogens with zero attached hydrogens (tertiary/aromatic N) is 1. The summed E-state index contributed by atoms with van der Waals surface area (Å²) >= 11 is 0. The second-order valence-corrected chi connectivity index (χ2v) is 5.01. The Morgan fingerprint density at radius 3 is 2.61 bits per heavy atom. The minimum Gasteiger partial charge on any atom is -0.455 e. The Morgan fingerprint density at radius 1 is 1.17 bits per heavy atom. The molecule has 0 saturated heterocycles. The van der Waals surface area contributed by atoms with Gasteiger partial charge < -0.3 is 9.15 Å². The van der Waals surface area contributed by atoms with E-state index in [1.54, 1.807) is 31.2 Å². The number of furan rings is 1. The standard InChI is InChI=1S/C17H13NO5/c1-11-13-7-3-5-9-15(13)23-16(11)17(19)22-10-12-6-2-4-8-14(12)18(20)21/h2-9H,10H2,1H3. The fraction of sp³-hybridized carbons (Fsp3) is 0.118. The van der Waals surface area contributed by atoms with E-state index >= 15 is 0 Å². The summed E-state index contributed by atoms with van der Waals surface area (Å²) in [4.78, 5) is 22.7. The molecule has 0 aliphatic carbocycles. The smallest absolute Gasteiger partial charge is 0.374 e. The quantitative estimate of drug-likeness (QED) is 0.413. The minimum atomic E-state index is -0.642. The molecule has 0 fully saturated rings. The van der Waals surface area contributed by atoms with E-state index in [1.165, 1.54) is 6.07 Å². The van der Waals surface area contributed by atoms with Gasteiger partial charge in [0.25, 0.3) is 5.69 Å². The molecule has 6 heteroatoms.